The van der Waals surface area contributed by atoms with Crippen LogP contribution in [0.15, 0.2) is 41.4 Å². The molecule has 0 fully saturated rings. The van der Waals surface area contributed by atoms with Gasteiger partial charge in [0.05, 0.1) is 27.9 Å². The molecule has 0 saturated carbocycles. The maximum Gasteiger partial charge on any atom is 0.203 e. The van der Waals surface area contributed by atoms with Crippen LogP contribution in [0.1, 0.15) is 18.1 Å². The Bertz CT molecular complexity index is 814. The molecule has 0 aliphatic heterocycles. The van der Waals surface area contributed by atoms with Crippen LogP contribution in [0.25, 0.3) is 0 Å². The number of halogens is 2. The first kappa shape index (κ1) is 27.2. The Morgan fingerprint density at radius 2 is 1.71 bits per heavy atom. The Morgan fingerprint density at radius 3 is 2.29 bits per heavy atom. The molecule has 0 bridgehead atoms. The third kappa shape index (κ3) is 8.64. The van der Waals surface area contributed by atoms with Gasteiger partial charge in [0.1, 0.15) is 5.82 Å². The average Bonchev–Trinajstić information content (AvgIpc) is 2.77. The maximum atomic E-state index is 13.7. The summed E-state index contributed by atoms with van der Waals surface area (Å²) in [6, 6.07) is 10.7. The number of nitrogens with zero attached hydrogens (tertiary/aromatic N) is 1. The minimum Gasteiger partial charge on any atom is -0.493 e. The number of aliphatic imine (C=N–C) groups is 1. The molecule has 0 heterocycles. The van der Waals surface area contributed by atoms with Gasteiger partial charge in [-0.05, 0) is 36.2 Å². The van der Waals surface area contributed by atoms with Crippen molar-refractivity contribution in [2.75, 3.05) is 40.2 Å². The predicted octanol–water partition coefficient (Wildman–Crippen LogP) is 4.46. The van der Waals surface area contributed by atoms with Gasteiger partial charge in [-0.2, -0.15) is 11.8 Å². The first-order valence-corrected chi connectivity index (χ1v) is 10.9. The molecule has 0 amide bonds. The molecule has 2 rings (SSSR count). The van der Waals surface area contributed by atoms with Gasteiger partial charge in [0.2, 0.25) is 5.75 Å². The van der Waals surface area contributed by atoms with Crippen molar-refractivity contribution >= 4 is 41.7 Å². The molecule has 31 heavy (non-hydrogen) atoms. The molecule has 2 aromatic carbocycles. The quantitative estimate of drug-likeness (QED) is 0.182. The van der Waals surface area contributed by atoms with Gasteiger partial charge in [0.25, 0.3) is 0 Å². The van der Waals surface area contributed by atoms with Crippen LogP contribution in [0.4, 0.5) is 4.39 Å². The Balaban J connectivity index is 0.00000480. The van der Waals surface area contributed by atoms with Gasteiger partial charge in [0, 0.05) is 24.6 Å². The minimum atomic E-state index is -0.154. The van der Waals surface area contributed by atoms with E-state index in [1.54, 1.807) is 39.2 Å². The van der Waals surface area contributed by atoms with Crippen molar-refractivity contribution in [3.8, 4) is 17.2 Å². The van der Waals surface area contributed by atoms with Gasteiger partial charge in [-0.25, -0.2) is 9.38 Å². The number of rotatable bonds is 11. The fraction of sp³-hybridized carbons (Fsp3) is 0.409. The number of thioether (sulfide) groups is 1. The topological polar surface area (TPSA) is 64.1 Å². The summed E-state index contributed by atoms with van der Waals surface area (Å²) >= 11 is 1.68. The summed E-state index contributed by atoms with van der Waals surface area (Å²) in [7, 11) is 4.76. The van der Waals surface area contributed by atoms with Crippen molar-refractivity contribution in [3.05, 3.63) is 53.3 Å². The lowest BCUT2D eigenvalue weighted by atomic mass is 10.2. The molecular weight excluding hydrogens is 532 g/mol. The predicted molar refractivity (Wildman–Crippen MR) is 137 cm³/mol. The van der Waals surface area contributed by atoms with E-state index in [1.807, 2.05) is 31.2 Å². The molecule has 2 N–H and O–H groups in total. The summed E-state index contributed by atoms with van der Waals surface area (Å²) in [5.74, 6) is 3.81. The van der Waals surface area contributed by atoms with Crippen LogP contribution in [0.5, 0.6) is 17.2 Å². The van der Waals surface area contributed by atoms with Crippen LogP contribution in [0.2, 0.25) is 0 Å². The van der Waals surface area contributed by atoms with Crippen LogP contribution in [-0.2, 0) is 12.3 Å². The first-order valence-electron chi connectivity index (χ1n) is 9.75. The fourth-order valence-electron chi connectivity index (χ4n) is 2.78. The molecule has 9 heteroatoms. The van der Waals surface area contributed by atoms with Gasteiger partial charge >= 0.3 is 0 Å². The van der Waals surface area contributed by atoms with E-state index in [4.69, 9.17) is 14.2 Å². The van der Waals surface area contributed by atoms with E-state index in [-0.39, 0.29) is 29.8 Å². The van der Waals surface area contributed by atoms with Gasteiger partial charge in [0.15, 0.2) is 17.5 Å². The third-order valence-corrected chi connectivity index (χ3v) is 5.25. The Labute approximate surface area is 205 Å². The lowest BCUT2D eigenvalue weighted by Crippen LogP contribution is -2.38. The highest BCUT2D eigenvalue weighted by Gasteiger charge is 2.13. The number of hydrogen-bond acceptors (Lipinski definition) is 5. The van der Waals surface area contributed by atoms with Crippen molar-refractivity contribution < 1.29 is 18.6 Å². The third-order valence-electron chi connectivity index (χ3n) is 4.24. The Morgan fingerprint density at radius 1 is 1.03 bits per heavy atom. The highest BCUT2D eigenvalue weighted by atomic mass is 127. The van der Waals surface area contributed by atoms with Crippen LogP contribution >= 0.6 is 35.7 Å². The molecule has 6 nitrogen and oxygen atoms in total. The number of hydrogen-bond donors (Lipinski definition) is 2. The number of guanidine groups is 1. The largest absolute Gasteiger partial charge is 0.493 e. The fourth-order valence-corrected chi connectivity index (χ4v) is 3.62. The zero-order chi connectivity index (χ0) is 21.8. The van der Waals surface area contributed by atoms with E-state index in [0.717, 1.165) is 35.9 Å². The zero-order valence-corrected chi connectivity index (χ0v) is 21.5. The SMILES string of the molecule is CCNC(=NCc1cc(OC)c(OC)c(OC)c1)NCCSCc1ccccc1F.I. The van der Waals surface area contributed by atoms with E-state index in [0.29, 0.717) is 29.5 Å². The van der Waals surface area contributed by atoms with Gasteiger partial charge in [-0.3, -0.25) is 0 Å². The van der Waals surface area contributed by atoms with E-state index >= 15 is 0 Å². The second-order valence-electron chi connectivity index (χ2n) is 6.30. The summed E-state index contributed by atoms with van der Waals surface area (Å²) in [5, 5.41) is 6.54. The second-order valence-corrected chi connectivity index (χ2v) is 7.40. The summed E-state index contributed by atoms with van der Waals surface area (Å²) < 4.78 is 29.8. The standard InChI is InChI=1S/C22H30FN3O3S.HI/c1-5-24-22(25-10-11-30-15-17-8-6-7-9-18(17)23)26-14-16-12-19(27-2)21(29-4)20(13-16)28-3;/h6-9,12-13H,5,10-11,14-15H2,1-4H3,(H2,24,25,26);1H. The number of methoxy groups -OCH3 is 3. The summed E-state index contributed by atoms with van der Waals surface area (Å²) in [4.78, 5) is 4.63. The molecular formula is C22H31FIN3O3S. The molecule has 0 spiro atoms. The van der Waals surface area contributed by atoms with Crippen LogP contribution in [0, 0.1) is 5.82 Å². The molecule has 172 valence electrons. The second kappa shape index (κ2) is 15.0. The highest BCUT2D eigenvalue weighted by Crippen LogP contribution is 2.38. The summed E-state index contributed by atoms with van der Waals surface area (Å²) in [6.07, 6.45) is 0. The smallest absolute Gasteiger partial charge is 0.203 e. The van der Waals surface area contributed by atoms with Gasteiger partial charge in [-0.1, -0.05) is 18.2 Å². The lowest BCUT2D eigenvalue weighted by Gasteiger charge is -2.14. The molecule has 2 aromatic rings. The van der Waals surface area contributed by atoms with E-state index in [1.165, 1.54) is 6.07 Å². The van der Waals surface area contributed by atoms with Crippen molar-refractivity contribution in [3.63, 3.8) is 0 Å². The van der Waals surface area contributed by atoms with Crippen molar-refractivity contribution in [1.29, 1.82) is 0 Å². The molecule has 0 unspecified atom stereocenters. The lowest BCUT2D eigenvalue weighted by molar-refractivity contribution is 0.324. The van der Waals surface area contributed by atoms with Crippen LogP contribution < -0.4 is 24.8 Å². The summed E-state index contributed by atoms with van der Waals surface area (Å²) in [5.41, 5.74) is 1.67. The average molecular weight is 563 g/mol. The first-order chi connectivity index (χ1) is 14.6. The van der Waals surface area contributed by atoms with Crippen molar-refractivity contribution in [2.24, 2.45) is 4.99 Å². The van der Waals surface area contributed by atoms with E-state index in [9.17, 15) is 4.39 Å². The van der Waals surface area contributed by atoms with Crippen molar-refractivity contribution in [1.82, 2.24) is 10.6 Å². The minimum absolute atomic E-state index is 0. The number of benzene rings is 2. The molecule has 0 aliphatic rings. The number of nitrogens with one attached hydrogen (secondary N) is 2. The Hall–Kier alpha value is -1.88. The summed E-state index contributed by atoms with van der Waals surface area (Å²) in [6.45, 7) is 3.95. The van der Waals surface area contributed by atoms with Gasteiger partial charge in [-0.15, -0.1) is 24.0 Å². The van der Waals surface area contributed by atoms with Crippen molar-refractivity contribution in [2.45, 2.75) is 19.2 Å². The van der Waals surface area contributed by atoms with Crippen LogP contribution in [0.3, 0.4) is 0 Å². The molecule has 0 atom stereocenters. The van der Waals surface area contributed by atoms with E-state index in [2.05, 4.69) is 15.6 Å². The zero-order valence-electron chi connectivity index (χ0n) is 18.4. The normalized spacial score (nSPS) is 10.8. The highest BCUT2D eigenvalue weighted by molar-refractivity contribution is 14.0. The monoisotopic (exact) mass is 563 g/mol. The maximum absolute atomic E-state index is 13.7. The molecule has 0 aliphatic carbocycles. The Kier molecular flexibility index (Phi) is 13.1. The molecule has 0 saturated heterocycles. The van der Waals surface area contributed by atoms with E-state index < -0.39 is 0 Å². The number of ether oxygens (including phenoxy) is 3. The van der Waals surface area contributed by atoms with Crippen LogP contribution in [-0.4, -0.2) is 46.1 Å². The molecule has 0 aromatic heterocycles. The van der Waals surface area contributed by atoms with Gasteiger partial charge < -0.3 is 24.8 Å². The molecule has 0 radical (unpaired) electrons.